The normalized spacial score (nSPS) is 30.6. The monoisotopic (exact) mass is 255 g/mol. The van der Waals surface area contributed by atoms with Crippen molar-refractivity contribution < 1.29 is 23.5 Å². The number of amides is 1. The van der Waals surface area contributed by atoms with Gasteiger partial charge in [-0.15, -0.1) is 0 Å². The average Bonchev–Trinajstić information content (AvgIpc) is 2.91. The van der Waals surface area contributed by atoms with Crippen LogP contribution in [0.1, 0.15) is 0 Å². The molecule has 6 heteroatoms. The Morgan fingerprint density at radius 1 is 1.50 bits per heavy atom. The quantitative estimate of drug-likeness (QED) is 0.590. The topological polar surface area (TPSA) is 64.6 Å². The second-order valence-corrected chi connectivity index (χ2v) is 4.24. The molecule has 0 radical (unpaired) electrons. The molecular weight excluding hydrogens is 241 g/mol. The molecule has 5 nitrogen and oxygen atoms in total. The summed E-state index contributed by atoms with van der Waals surface area (Å²) in [7, 11) is 2.65. The van der Waals surface area contributed by atoms with Crippen LogP contribution in [0.3, 0.4) is 0 Å². The van der Waals surface area contributed by atoms with Gasteiger partial charge in [-0.25, -0.2) is 4.39 Å². The van der Waals surface area contributed by atoms with E-state index >= 15 is 0 Å². The highest BCUT2D eigenvalue weighted by Gasteiger charge is 2.46. The van der Waals surface area contributed by atoms with Gasteiger partial charge in [0.05, 0.1) is 14.2 Å². The molecule has 1 aliphatic heterocycles. The molecule has 1 saturated heterocycles. The summed E-state index contributed by atoms with van der Waals surface area (Å²) < 4.78 is 23.3. The molecule has 0 aromatic carbocycles. The van der Waals surface area contributed by atoms with E-state index in [4.69, 9.17) is 4.74 Å². The van der Waals surface area contributed by atoms with Gasteiger partial charge in [-0.3, -0.25) is 9.59 Å². The lowest BCUT2D eigenvalue weighted by Gasteiger charge is -2.19. The fourth-order valence-electron chi connectivity index (χ4n) is 2.38. The standard InChI is InChI=1S/C12H14FNO4/c1-17-6-3-7(9(13)4-6)8-5-14-11(15)10(8)12(16)18-2/h3-4,7-8,10H,5H2,1-2H3,(H,14,15)/t7?,8?,10-/m0/s1. The van der Waals surface area contributed by atoms with Crippen LogP contribution in [-0.4, -0.2) is 32.6 Å². The van der Waals surface area contributed by atoms with E-state index in [1.165, 1.54) is 20.3 Å². The summed E-state index contributed by atoms with van der Waals surface area (Å²) >= 11 is 0. The van der Waals surface area contributed by atoms with Gasteiger partial charge in [-0.05, 0) is 6.08 Å². The Bertz CT molecular complexity index is 443. The third kappa shape index (κ3) is 1.98. The fraction of sp³-hybridized carbons (Fsp3) is 0.500. The largest absolute Gasteiger partial charge is 0.497 e. The van der Waals surface area contributed by atoms with Gasteiger partial charge in [0.1, 0.15) is 17.5 Å². The Morgan fingerprint density at radius 3 is 2.78 bits per heavy atom. The molecule has 1 fully saturated rings. The maximum Gasteiger partial charge on any atom is 0.318 e. The van der Waals surface area contributed by atoms with Crippen LogP contribution in [0.25, 0.3) is 0 Å². The number of ether oxygens (including phenoxy) is 2. The second kappa shape index (κ2) is 4.80. The Hall–Kier alpha value is -1.85. The first kappa shape index (κ1) is 12.6. The van der Waals surface area contributed by atoms with E-state index in [-0.39, 0.29) is 6.54 Å². The molecule has 0 saturated carbocycles. The van der Waals surface area contributed by atoms with Gasteiger partial charge in [-0.2, -0.15) is 0 Å². The second-order valence-electron chi connectivity index (χ2n) is 4.24. The number of nitrogens with one attached hydrogen (secondary N) is 1. The van der Waals surface area contributed by atoms with Crippen molar-refractivity contribution in [3.8, 4) is 0 Å². The Balaban J connectivity index is 2.23. The molecule has 1 aliphatic carbocycles. The first-order chi connectivity index (χ1) is 8.58. The zero-order valence-corrected chi connectivity index (χ0v) is 10.1. The molecular formula is C12H14FNO4. The molecule has 1 heterocycles. The number of hydrogen-bond acceptors (Lipinski definition) is 4. The van der Waals surface area contributed by atoms with Gasteiger partial charge in [0.15, 0.2) is 0 Å². The molecule has 18 heavy (non-hydrogen) atoms. The number of methoxy groups -OCH3 is 2. The minimum absolute atomic E-state index is 0.248. The molecule has 1 amide bonds. The van der Waals surface area contributed by atoms with Crippen LogP contribution in [0.4, 0.5) is 4.39 Å². The van der Waals surface area contributed by atoms with Crippen molar-refractivity contribution in [1.29, 1.82) is 0 Å². The molecule has 0 aromatic rings. The van der Waals surface area contributed by atoms with Crippen LogP contribution in [0.2, 0.25) is 0 Å². The first-order valence-electron chi connectivity index (χ1n) is 5.57. The molecule has 3 atom stereocenters. The van der Waals surface area contributed by atoms with Crippen molar-refractivity contribution in [1.82, 2.24) is 5.32 Å². The van der Waals surface area contributed by atoms with Crippen molar-refractivity contribution in [2.24, 2.45) is 17.8 Å². The van der Waals surface area contributed by atoms with Crippen LogP contribution in [0, 0.1) is 17.8 Å². The number of carbonyl (C=O) groups is 2. The molecule has 1 N–H and O–H groups in total. The van der Waals surface area contributed by atoms with E-state index in [0.717, 1.165) is 0 Å². The molecule has 2 rings (SSSR count). The highest BCUT2D eigenvalue weighted by Crippen LogP contribution is 2.37. The SMILES string of the molecule is COC(=O)[C@@H]1C(=O)NCC1C1C=C(OC)C=C1F. The van der Waals surface area contributed by atoms with Gasteiger partial charge >= 0.3 is 5.97 Å². The molecule has 0 bridgehead atoms. The number of hydrogen-bond donors (Lipinski definition) is 1. The first-order valence-corrected chi connectivity index (χ1v) is 5.57. The Kier molecular flexibility index (Phi) is 3.36. The highest BCUT2D eigenvalue weighted by molar-refractivity contribution is 5.99. The van der Waals surface area contributed by atoms with Crippen LogP contribution >= 0.6 is 0 Å². The van der Waals surface area contributed by atoms with Crippen molar-refractivity contribution >= 4 is 11.9 Å². The lowest BCUT2D eigenvalue weighted by molar-refractivity contribution is -0.150. The summed E-state index contributed by atoms with van der Waals surface area (Å²) in [4.78, 5) is 23.2. The van der Waals surface area contributed by atoms with E-state index in [0.29, 0.717) is 5.76 Å². The van der Waals surface area contributed by atoms with E-state index in [2.05, 4.69) is 10.1 Å². The third-order valence-electron chi connectivity index (χ3n) is 3.32. The maximum atomic E-state index is 13.8. The lowest BCUT2D eigenvalue weighted by Crippen LogP contribution is -2.31. The summed E-state index contributed by atoms with van der Waals surface area (Å²) in [5, 5.41) is 2.56. The molecule has 98 valence electrons. The minimum atomic E-state index is -0.966. The van der Waals surface area contributed by atoms with Crippen LogP contribution in [-0.2, 0) is 19.1 Å². The Labute approximate surface area is 104 Å². The van der Waals surface area contributed by atoms with E-state index in [1.807, 2.05) is 0 Å². The third-order valence-corrected chi connectivity index (χ3v) is 3.32. The molecule has 0 spiro atoms. The highest BCUT2D eigenvalue weighted by atomic mass is 19.1. The maximum absolute atomic E-state index is 13.8. The zero-order chi connectivity index (χ0) is 13.3. The van der Waals surface area contributed by atoms with Gasteiger partial charge < -0.3 is 14.8 Å². The predicted molar refractivity (Wildman–Crippen MR) is 59.8 cm³/mol. The van der Waals surface area contributed by atoms with E-state index in [1.54, 1.807) is 6.08 Å². The van der Waals surface area contributed by atoms with Crippen molar-refractivity contribution in [3.63, 3.8) is 0 Å². The minimum Gasteiger partial charge on any atom is -0.497 e. The van der Waals surface area contributed by atoms with Crippen molar-refractivity contribution in [3.05, 3.63) is 23.7 Å². The molecule has 0 aromatic heterocycles. The molecule has 2 aliphatic rings. The van der Waals surface area contributed by atoms with Gasteiger partial charge in [-0.1, -0.05) is 0 Å². The number of allylic oxidation sites excluding steroid dienone is 3. The Morgan fingerprint density at radius 2 is 2.22 bits per heavy atom. The van der Waals surface area contributed by atoms with Gasteiger partial charge in [0, 0.05) is 24.5 Å². The average molecular weight is 255 g/mol. The van der Waals surface area contributed by atoms with Crippen LogP contribution in [0.5, 0.6) is 0 Å². The number of halogens is 1. The summed E-state index contributed by atoms with van der Waals surface area (Å²) in [6, 6.07) is 0. The predicted octanol–water partition coefficient (Wildman–Crippen LogP) is 0.535. The smallest absolute Gasteiger partial charge is 0.318 e. The number of carbonyl (C=O) groups excluding carboxylic acids is 2. The molecule has 2 unspecified atom stereocenters. The van der Waals surface area contributed by atoms with Crippen LogP contribution < -0.4 is 5.32 Å². The fourth-order valence-corrected chi connectivity index (χ4v) is 2.38. The summed E-state index contributed by atoms with van der Waals surface area (Å²) in [6.45, 7) is 0.248. The summed E-state index contributed by atoms with van der Waals surface area (Å²) in [5.74, 6) is -3.12. The van der Waals surface area contributed by atoms with Crippen molar-refractivity contribution in [2.45, 2.75) is 0 Å². The van der Waals surface area contributed by atoms with E-state index < -0.39 is 35.5 Å². The number of esters is 1. The van der Waals surface area contributed by atoms with Crippen molar-refractivity contribution in [2.75, 3.05) is 20.8 Å². The zero-order valence-electron chi connectivity index (χ0n) is 10.1. The lowest BCUT2D eigenvalue weighted by atomic mass is 9.84. The van der Waals surface area contributed by atoms with Crippen LogP contribution in [0.15, 0.2) is 23.7 Å². The van der Waals surface area contributed by atoms with Gasteiger partial charge in [0.2, 0.25) is 5.91 Å². The van der Waals surface area contributed by atoms with Gasteiger partial charge in [0.25, 0.3) is 0 Å². The summed E-state index contributed by atoms with van der Waals surface area (Å²) in [6.07, 6.45) is 2.85. The van der Waals surface area contributed by atoms with E-state index in [9.17, 15) is 14.0 Å². The number of rotatable bonds is 3. The summed E-state index contributed by atoms with van der Waals surface area (Å²) in [5.41, 5.74) is 0.